The lowest BCUT2D eigenvalue weighted by Crippen LogP contribution is -2.16. The van der Waals surface area contributed by atoms with Crippen LogP contribution in [0.2, 0.25) is 0 Å². The van der Waals surface area contributed by atoms with Crippen molar-refractivity contribution in [3.8, 4) is 0 Å². The largest absolute Gasteiger partial charge is 0.389 e. The third kappa shape index (κ3) is 4.09. The number of thiocarbonyl (C=S) groups is 1. The van der Waals surface area contributed by atoms with Crippen molar-refractivity contribution >= 4 is 76.6 Å². The van der Waals surface area contributed by atoms with Gasteiger partial charge < -0.3 is 11.1 Å². The molecule has 0 aliphatic rings. The van der Waals surface area contributed by atoms with Gasteiger partial charge in [-0.05, 0) is 56.1 Å². The van der Waals surface area contributed by atoms with Gasteiger partial charge in [0.15, 0.2) is 0 Å². The zero-order valence-corrected chi connectivity index (χ0v) is 15.9. The molecule has 1 amide bonds. The first-order valence-corrected chi connectivity index (χ1v) is 8.39. The van der Waals surface area contributed by atoms with Crippen LogP contribution < -0.4 is 11.1 Å². The number of amides is 1. The van der Waals surface area contributed by atoms with E-state index < -0.39 is 0 Å². The van der Waals surface area contributed by atoms with Crippen LogP contribution in [0.4, 0.5) is 5.69 Å². The van der Waals surface area contributed by atoms with Crippen LogP contribution in [0.25, 0.3) is 0 Å². The molecule has 21 heavy (non-hydrogen) atoms. The van der Waals surface area contributed by atoms with Crippen LogP contribution in [0.3, 0.4) is 0 Å². The highest BCUT2D eigenvalue weighted by Crippen LogP contribution is 2.34. The number of hydrogen-bond acceptors (Lipinski definition) is 3. The van der Waals surface area contributed by atoms with E-state index in [1.165, 1.54) is 6.20 Å². The Labute approximate surface area is 151 Å². The van der Waals surface area contributed by atoms with Crippen molar-refractivity contribution in [1.82, 2.24) is 4.98 Å². The third-order valence-corrected chi connectivity index (χ3v) is 4.47. The second-order valence-corrected chi connectivity index (χ2v) is 7.06. The summed E-state index contributed by atoms with van der Waals surface area (Å²) < 4.78 is 2.38. The quantitative estimate of drug-likeness (QED) is 0.627. The first kappa shape index (κ1) is 16.5. The molecule has 0 unspecified atom stereocenters. The van der Waals surface area contributed by atoms with Gasteiger partial charge in [0.1, 0.15) is 10.7 Å². The van der Waals surface area contributed by atoms with Crippen molar-refractivity contribution < 1.29 is 4.79 Å². The number of pyridine rings is 1. The monoisotopic (exact) mass is 491 g/mol. The first-order chi connectivity index (χ1) is 9.88. The van der Waals surface area contributed by atoms with Gasteiger partial charge in [0.05, 0.1) is 5.69 Å². The molecule has 1 aromatic carbocycles. The third-order valence-electron chi connectivity index (χ3n) is 2.53. The minimum atomic E-state index is -0.326. The predicted octanol–water partition coefficient (Wildman–Crippen LogP) is 4.26. The summed E-state index contributed by atoms with van der Waals surface area (Å²) in [6, 6.07) is 6.91. The number of nitrogens with zero attached hydrogens (tertiary/aromatic N) is 1. The molecule has 0 atom stereocenters. The summed E-state index contributed by atoms with van der Waals surface area (Å²) in [6.45, 7) is 0. The van der Waals surface area contributed by atoms with E-state index in [-0.39, 0.29) is 16.6 Å². The fourth-order valence-electron chi connectivity index (χ4n) is 1.51. The number of rotatable bonds is 3. The van der Waals surface area contributed by atoms with Crippen molar-refractivity contribution in [1.29, 1.82) is 0 Å². The van der Waals surface area contributed by atoms with Gasteiger partial charge in [-0.25, -0.2) is 0 Å². The van der Waals surface area contributed by atoms with Crippen molar-refractivity contribution in [3.05, 3.63) is 55.1 Å². The second-order valence-electron chi connectivity index (χ2n) is 3.99. The number of nitrogens with two attached hydrogens (primary N) is 1. The Morgan fingerprint density at radius 1 is 1.19 bits per heavy atom. The number of anilines is 1. The first-order valence-electron chi connectivity index (χ1n) is 5.60. The van der Waals surface area contributed by atoms with Crippen molar-refractivity contribution in [3.63, 3.8) is 0 Å². The molecule has 0 saturated carbocycles. The highest BCUT2D eigenvalue weighted by atomic mass is 79.9. The maximum atomic E-state index is 12.2. The lowest BCUT2D eigenvalue weighted by atomic mass is 10.2. The number of carbonyl (C=O) groups excluding carboxylic acids is 1. The summed E-state index contributed by atoms with van der Waals surface area (Å²) in [5.74, 6) is -0.326. The number of carbonyl (C=O) groups is 1. The van der Waals surface area contributed by atoms with E-state index in [9.17, 15) is 4.79 Å². The standard InChI is InChI=1S/C13H8Br3N3OS/c14-7-3-8(15)11(9(16)4-7)19-13(20)10-2-1-6(5-18-10)12(17)21/h1-5H,(H2,17,21)(H,19,20). The Hall–Kier alpha value is -0.830. The van der Waals surface area contributed by atoms with Crippen LogP contribution in [0.15, 0.2) is 43.9 Å². The number of aromatic nitrogens is 1. The average molecular weight is 494 g/mol. The highest BCUT2D eigenvalue weighted by Gasteiger charge is 2.13. The molecule has 0 saturated heterocycles. The van der Waals surface area contributed by atoms with Crippen molar-refractivity contribution in [2.45, 2.75) is 0 Å². The Morgan fingerprint density at radius 3 is 2.29 bits per heavy atom. The molecule has 2 rings (SSSR count). The molecular weight excluding hydrogens is 486 g/mol. The van der Waals surface area contributed by atoms with Crippen molar-refractivity contribution in [2.75, 3.05) is 5.32 Å². The van der Waals surface area contributed by atoms with E-state index >= 15 is 0 Å². The van der Waals surface area contributed by atoms with Gasteiger partial charge in [-0.2, -0.15) is 0 Å². The number of hydrogen-bond donors (Lipinski definition) is 2. The lowest BCUT2D eigenvalue weighted by molar-refractivity contribution is 0.102. The van der Waals surface area contributed by atoms with Crippen molar-refractivity contribution in [2.24, 2.45) is 5.73 Å². The van der Waals surface area contributed by atoms with Gasteiger partial charge in [-0.15, -0.1) is 0 Å². The Morgan fingerprint density at radius 2 is 1.81 bits per heavy atom. The lowest BCUT2D eigenvalue weighted by Gasteiger charge is -2.10. The number of nitrogens with one attached hydrogen (secondary N) is 1. The van der Waals surface area contributed by atoms with E-state index in [1.807, 2.05) is 12.1 Å². The fraction of sp³-hybridized carbons (Fsp3) is 0. The molecule has 3 N–H and O–H groups in total. The maximum absolute atomic E-state index is 12.2. The molecule has 0 bridgehead atoms. The van der Waals surface area contributed by atoms with Gasteiger partial charge in [0, 0.05) is 25.2 Å². The maximum Gasteiger partial charge on any atom is 0.274 e. The molecule has 1 heterocycles. The van der Waals surface area contributed by atoms with Crippen LogP contribution in [0.5, 0.6) is 0 Å². The van der Waals surface area contributed by atoms with Crippen LogP contribution >= 0.6 is 60.0 Å². The van der Waals surface area contributed by atoms with E-state index in [1.54, 1.807) is 12.1 Å². The van der Waals surface area contributed by atoms with Crippen LogP contribution in [0.1, 0.15) is 16.1 Å². The molecule has 0 spiro atoms. The van der Waals surface area contributed by atoms with Gasteiger partial charge >= 0.3 is 0 Å². The predicted molar refractivity (Wildman–Crippen MR) is 97.6 cm³/mol. The molecule has 0 aliphatic carbocycles. The second kappa shape index (κ2) is 6.95. The van der Waals surface area contributed by atoms with Crippen LogP contribution in [0, 0.1) is 0 Å². The smallest absolute Gasteiger partial charge is 0.274 e. The fourth-order valence-corrected chi connectivity index (χ4v) is 4.09. The topological polar surface area (TPSA) is 68.0 Å². The molecule has 0 radical (unpaired) electrons. The summed E-state index contributed by atoms with van der Waals surface area (Å²) >= 11 is 15.0. The zero-order valence-electron chi connectivity index (χ0n) is 10.4. The molecule has 1 aromatic heterocycles. The van der Waals surface area contributed by atoms with Gasteiger partial charge in [0.2, 0.25) is 0 Å². The molecule has 8 heteroatoms. The number of halogens is 3. The molecule has 2 aromatic rings. The summed E-state index contributed by atoms with van der Waals surface area (Å²) in [7, 11) is 0. The van der Waals surface area contributed by atoms with E-state index in [0.717, 1.165) is 13.4 Å². The normalized spacial score (nSPS) is 10.2. The Kier molecular flexibility index (Phi) is 5.48. The minimum Gasteiger partial charge on any atom is -0.389 e. The molecule has 0 aliphatic heterocycles. The van der Waals surface area contributed by atoms with Crippen LogP contribution in [-0.2, 0) is 0 Å². The van der Waals surface area contributed by atoms with E-state index in [2.05, 4.69) is 58.1 Å². The summed E-state index contributed by atoms with van der Waals surface area (Å²) in [4.78, 5) is 16.5. The van der Waals surface area contributed by atoms with Gasteiger partial charge in [0.25, 0.3) is 5.91 Å². The minimum absolute atomic E-state index is 0.243. The SMILES string of the molecule is NC(=S)c1ccc(C(=O)Nc2c(Br)cc(Br)cc2Br)nc1. The highest BCUT2D eigenvalue weighted by molar-refractivity contribution is 9.11. The van der Waals surface area contributed by atoms with Gasteiger partial charge in [-0.3, -0.25) is 9.78 Å². The Balaban J connectivity index is 2.24. The van der Waals surface area contributed by atoms with Gasteiger partial charge in [-0.1, -0.05) is 28.1 Å². The molecule has 0 fully saturated rings. The van der Waals surface area contributed by atoms with E-state index in [0.29, 0.717) is 11.3 Å². The zero-order chi connectivity index (χ0) is 15.6. The number of benzene rings is 1. The Bertz CT molecular complexity index is 696. The van der Waals surface area contributed by atoms with Crippen LogP contribution in [-0.4, -0.2) is 15.9 Å². The average Bonchev–Trinajstić information content (AvgIpc) is 2.42. The molecular formula is C13H8Br3N3OS. The summed E-state index contributed by atoms with van der Waals surface area (Å²) in [5.41, 5.74) is 7.01. The summed E-state index contributed by atoms with van der Waals surface area (Å²) in [5, 5.41) is 2.79. The molecule has 108 valence electrons. The summed E-state index contributed by atoms with van der Waals surface area (Å²) in [6.07, 6.45) is 1.48. The van der Waals surface area contributed by atoms with E-state index in [4.69, 9.17) is 18.0 Å². The molecule has 4 nitrogen and oxygen atoms in total.